The Morgan fingerprint density at radius 1 is 1.24 bits per heavy atom. The molecule has 1 N–H and O–H groups in total. The number of methoxy groups -OCH3 is 1. The van der Waals surface area contributed by atoms with Crippen LogP contribution in [0, 0.1) is 19.8 Å². The Kier molecular flexibility index (Phi) is 4.29. The van der Waals surface area contributed by atoms with Gasteiger partial charge < -0.3 is 9.84 Å². The van der Waals surface area contributed by atoms with Gasteiger partial charge in [-0.3, -0.25) is 4.79 Å². The SMILES string of the molecule is COc1cc(C)c(C)cc1C(O)C(=O)C(C)C. The van der Waals surface area contributed by atoms with Crippen LogP contribution in [0.2, 0.25) is 0 Å². The largest absolute Gasteiger partial charge is 0.496 e. The van der Waals surface area contributed by atoms with Crippen molar-refractivity contribution in [1.82, 2.24) is 0 Å². The van der Waals surface area contributed by atoms with Crippen molar-refractivity contribution in [3.8, 4) is 5.75 Å². The standard InChI is InChI=1S/C14H20O3/c1-8(2)13(15)14(16)11-6-9(3)10(4)7-12(11)17-5/h6-8,14,16H,1-5H3. The maximum Gasteiger partial charge on any atom is 0.168 e. The third-order valence-corrected chi connectivity index (χ3v) is 2.98. The quantitative estimate of drug-likeness (QED) is 0.874. The molecule has 94 valence electrons. The van der Waals surface area contributed by atoms with E-state index in [9.17, 15) is 9.90 Å². The van der Waals surface area contributed by atoms with E-state index in [1.54, 1.807) is 21.0 Å². The van der Waals surface area contributed by atoms with Crippen molar-refractivity contribution in [1.29, 1.82) is 0 Å². The first-order chi connectivity index (χ1) is 7.88. The highest BCUT2D eigenvalue weighted by atomic mass is 16.5. The minimum atomic E-state index is -1.11. The minimum Gasteiger partial charge on any atom is -0.496 e. The molecule has 0 spiro atoms. The van der Waals surface area contributed by atoms with Crippen LogP contribution in [0.25, 0.3) is 0 Å². The van der Waals surface area contributed by atoms with Gasteiger partial charge in [0.1, 0.15) is 11.9 Å². The highest BCUT2D eigenvalue weighted by Gasteiger charge is 2.23. The number of carbonyl (C=O) groups is 1. The fourth-order valence-corrected chi connectivity index (χ4v) is 1.67. The topological polar surface area (TPSA) is 46.5 Å². The number of ketones is 1. The molecule has 1 aromatic rings. The van der Waals surface area contributed by atoms with E-state index >= 15 is 0 Å². The molecule has 1 aromatic carbocycles. The zero-order chi connectivity index (χ0) is 13.2. The summed E-state index contributed by atoms with van der Waals surface area (Å²) in [4.78, 5) is 11.8. The predicted molar refractivity (Wildman–Crippen MR) is 67.3 cm³/mol. The molecule has 0 bridgehead atoms. The van der Waals surface area contributed by atoms with Crippen LogP contribution < -0.4 is 4.74 Å². The van der Waals surface area contributed by atoms with Crippen molar-refractivity contribution < 1.29 is 14.6 Å². The number of benzene rings is 1. The van der Waals surface area contributed by atoms with Crippen LogP contribution in [0.3, 0.4) is 0 Å². The second-order valence-corrected chi connectivity index (χ2v) is 4.64. The van der Waals surface area contributed by atoms with E-state index in [0.717, 1.165) is 11.1 Å². The van der Waals surface area contributed by atoms with E-state index in [-0.39, 0.29) is 11.7 Å². The van der Waals surface area contributed by atoms with E-state index in [1.807, 2.05) is 26.0 Å². The van der Waals surface area contributed by atoms with E-state index in [1.165, 1.54) is 0 Å². The van der Waals surface area contributed by atoms with Gasteiger partial charge in [0.05, 0.1) is 7.11 Å². The highest BCUT2D eigenvalue weighted by molar-refractivity contribution is 5.86. The lowest BCUT2D eigenvalue weighted by Gasteiger charge is -2.17. The van der Waals surface area contributed by atoms with E-state index in [2.05, 4.69) is 0 Å². The first kappa shape index (κ1) is 13.7. The first-order valence-electron chi connectivity index (χ1n) is 5.75. The summed E-state index contributed by atoms with van der Waals surface area (Å²) in [5.74, 6) is 0.178. The molecule has 1 rings (SSSR count). The summed E-state index contributed by atoms with van der Waals surface area (Å²) < 4.78 is 5.22. The lowest BCUT2D eigenvalue weighted by molar-refractivity contribution is -0.130. The van der Waals surface area contributed by atoms with Crippen LogP contribution in [-0.4, -0.2) is 18.0 Å². The number of aliphatic hydroxyl groups excluding tert-OH is 1. The van der Waals surface area contributed by atoms with Crippen molar-refractivity contribution >= 4 is 5.78 Å². The monoisotopic (exact) mass is 236 g/mol. The average Bonchev–Trinajstić information content (AvgIpc) is 2.29. The molecule has 0 saturated heterocycles. The third kappa shape index (κ3) is 2.86. The third-order valence-electron chi connectivity index (χ3n) is 2.98. The molecule has 0 fully saturated rings. The lowest BCUT2D eigenvalue weighted by Crippen LogP contribution is -2.18. The molecule has 3 heteroatoms. The number of hydrogen-bond donors (Lipinski definition) is 1. The Hall–Kier alpha value is -1.35. The fraction of sp³-hybridized carbons (Fsp3) is 0.500. The molecular formula is C14H20O3. The van der Waals surface area contributed by atoms with Crippen LogP contribution in [0.4, 0.5) is 0 Å². The number of hydrogen-bond acceptors (Lipinski definition) is 3. The molecule has 1 unspecified atom stereocenters. The number of aliphatic hydroxyl groups is 1. The second-order valence-electron chi connectivity index (χ2n) is 4.64. The van der Waals surface area contributed by atoms with Crippen molar-refractivity contribution in [2.75, 3.05) is 7.11 Å². The lowest BCUT2D eigenvalue weighted by atomic mass is 9.94. The highest BCUT2D eigenvalue weighted by Crippen LogP contribution is 2.30. The van der Waals surface area contributed by atoms with Crippen LogP contribution in [0.1, 0.15) is 36.6 Å². The Labute approximate surface area is 102 Å². The van der Waals surface area contributed by atoms with Crippen molar-refractivity contribution in [2.45, 2.75) is 33.8 Å². The molecule has 17 heavy (non-hydrogen) atoms. The van der Waals surface area contributed by atoms with Crippen molar-refractivity contribution in [2.24, 2.45) is 5.92 Å². The molecule has 0 amide bonds. The zero-order valence-electron chi connectivity index (χ0n) is 11.1. The smallest absolute Gasteiger partial charge is 0.168 e. The van der Waals surface area contributed by atoms with Gasteiger partial charge in [-0.1, -0.05) is 13.8 Å². The maximum atomic E-state index is 11.8. The summed E-state index contributed by atoms with van der Waals surface area (Å²) in [6.07, 6.45) is -1.11. The van der Waals surface area contributed by atoms with Crippen molar-refractivity contribution in [3.05, 3.63) is 28.8 Å². The summed E-state index contributed by atoms with van der Waals surface area (Å²) in [6, 6.07) is 3.67. The second kappa shape index (κ2) is 5.32. The van der Waals surface area contributed by atoms with Crippen LogP contribution >= 0.6 is 0 Å². The zero-order valence-corrected chi connectivity index (χ0v) is 11.1. The first-order valence-corrected chi connectivity index (χ1v) is 5.75. The van der Waals surface area contributed by atoms with Crippen LogP contribution in [-0.2, 0) is 4.79 Å². The Balaban J connectivity index is 3.21. The molecule has 1 atom stereocenters. The van der Waals surface area contributed by atoms with Gasteiger partial charge in [0.2, 0.25) is 0 Å². The number of rotatable bonds is 4. The molecular weight excluding hydrogens is 216 g/mol. The Morgan fingerprint density at radius 2 is 1.76 bits per heavy atom. The van der Waals surface area contributed by atoms with Gasteiger partial charge in [-0.2, -0.15) is 0 Å². The molecule has 3 nitrogen and oxygen atoms in total. The molecule has 0 radical (unpaired) electrons. The molecule has 0 saturated carbocycles. The number of aryl methyl sites for hydroxylation is 2. The molecule has 0 aliphatic carbocycles. The fourth-order valence-electron chi connectivity index (χ4n) is 1.67. The Morgan fingerprint density at radius 3 is 2.24 bits per heavy atom. The van der Waals surface area contributed by atoms with E-state index in [4.69, 9.17) is 4.74 Å². The van der Waals surface area contributed by atoms with Gasteiger partial charge in [0.15, 0.2) is 5.78 Å². The summed E-state index contributed by atoms with van der Waals surface area (Å²) >= 11 is 0. The molecule has 0 aromatic heterocycles. The molecule has 0 aliphatic heterocycles. The summed E-state index contributed by atoms with van der Waals surface area (Å²) in [5.41, 5.74) is 2.67. The number of carbonyl (C=O) groups excluding carboxylic acids is 1. The summed E-state index contributed by atoms with van der Waals surface area (Å²) in [7, 11) is 1.54. The van der Waals surface area contributed by atoms with Crippen LogP contribution in [0.5, 0.6) is 5.75 Å². The predicted octanol–water partition coefficient (Wildman–Crippen LogP) is 2.57. The number of Topliss-reactive ketones (excluding diaryl/α,β-unsaturated/α-hetero) is 1. The van der Waals surface area contributed by atoms with E-state index in [0.29, 0.717) is 11.3 Å². The van der Waals surface area contributed by atoms with Gasteiger partial charge in [0, 0.05) is 11.5 Å². The van der Waals surface area contributed by atoms with Gasteiger partial charge in [-0.15, -0.1) is 0 Å². The van der Waals surface area contributed by atoms with Crippen molar-refractivity contribution in [3.63, 3.8) is 0 Å². The maximum absolute atomic E-state index is 11.8. The molecule has 0 aliphatic rings. The average molecular weight is 236 g/mol. The molecule has 0 heterocycles. The van der Waals surface area contributed by atoms with Gasteiger partial charge in [0.25, 0.3) is 0 Å². The van der Waals surface area contributed by atoms with E-state index < -0.39 is 6.10 Å². The Bertz CT molecular complexity index is 422. The van der Waals surface area contributed by atoms with Crippen LogP contribution in [0.15, 0.2) is 12.1 Å². The van der Waals surface area contributed by atoms with Gasteiger partial charge in [-0.05, 0) is 37.1 Å². The van der Waals surface area contributed by atoms with Gasteiger partial charge >= 0.3 is 0 Å². The normalized spacial score (nSPS) is 12.6. The summed E-state index contributed by atoms with van der Waals surface area (Å²) in [6.45, 7) is 7.47. The summed E-state index contributed by atoms with van der Waals surface area (Å²) in [5, 5.41) is 10.1. The minimum absolute atomic E-state index is 0.188. The van der Waals surface area contributed by atoms with Gasteiger partial charge in [-0.25, -0.2) is 0 Å². The number of ether oxygens (including phenoxy) is 1.